The molecule has 0 unspecified atom stereocenters. The molecule has 0 spiro atoms. The number of aromatic amines is 2. The van der Waals surface area contributed by atoms with Crippen LogP contribution in [0.1, 0.15) is 5.56 Å². The van der Waals surface area contributed by atoms with Gasteiger partial charge in [-0.1, -0.05) is 0 Å². The van der Waals surface area contributed by atoms with Gasteiger partial charge in [-0.15, -0.1) is 0 Å². The number of fused-ring (bicyclic) bond motifs is 3. The molecule has 0 bridgehead atoms. The SMILES string of the molecule is Cc1c2cc[nH]c(=O)c2cc2c(=O)c3cnccc3[nH]c12. The summed E-state index contributed by atoms with van der Waals surface area (Å²) in [7, 11) is 0. The monoisotopic (exact) mass is 277 g/mol. The Balaban J connectivity index is 2.38. The number of benzene rings is 1. The van der Waals surface area contributed by atoms with Crippen LogP contribution in [-0.4, -0.2) is 15.0 Å². The van der Waals surface area contributed by atoms with Gasteiger partial charge in [0.1, 0.15) is 0 Å². The number of rotatable bonds is 0. The van der Waals surface area contributed by atoms with Crippen molar-refractivity contribution < 1.29 is 0 Å². The minimum Gasteiger partial charge on any atom is -0.354 e. The molecule has 0 aliphatic rings. The molecule has 0 saturated heterocycles. The van der Waals surface area contributed by atoms with Crippen molar-refractivity contribution in [3.63, 3.8) is 0 Å². The topological polar surface area (TPSA) is 78.6 Å². The zero-order chi connectivity index (χ0) is 14.6. The van der Waals surface area contributed by atoms with Crippen LogP contribution in [0, 0.1) is 6.92 Å². The minimum atomic E-state index is -0.191. The first-order valence-corrected chi connectivity index (χ1v) is 6.57. The van der Waals surface area contributed by atoms with Crippen molar-refractivity contribution in [3.8, 4) is 0 Å². The Labute approximate surface area is 118 Å². The van der Waals surface area contributed by atoms with E-state index < -0.39 is 0 Å². The predicted molar refractivity (Wildman–Crippen MR) is 82.7 cm³/mol. The lowest BCUT2D eigenvalue weighted by Crippen LogP contribution is -2.09. The van der Waals surface area contributed by atoms with Crippen LogP contribution in [0.3, 0.4) is 0 Å². The molecule has 4 aromatic rings. The molecule has 3 aromatic heterocycles. The van der Waals surface area contributed by atoms with Crippen LogP contribution in [0.25, 0.3) is 32.6 Å². The summed E-state index contributed by atoms with van der Waals surface area (Å²) in [5.41, 5.74) is 2.10. The summed E-state index contributed by atoms with van der Waals surface area (Å²) in [5, 5.41) is 2.40. The molecular weight excluding hydrogens is 266 g/mol. The molecule has 102 valence electrons. The van der Waals surface area contributed by atoms with E-state index >= 15 is 0 Å². The smallest absolute Gasteiger partial charge is 0.255 e. The molecular formula is C16H11N3O2. The van der Waals surface area contributed by atoms with Crippen LogP contribution in [-0.2, 0) is 0 Å². The number of aryl methyl sites for hydroxylation is 1. The summed E-state index contributed by atoms with van der Waals surface area (Å²) in [6.45, 7) is 1.91. The maximum atomic E-state index is 12.6. The summed E-state index contributed by atoms with van der Waals surface area (Å²) in [6.07, 6.45) is 4.81. The first kappa shape index (κ1) is 11.8. The van der Waals surface area contributed by atoms with E-state index in [-0.39, 0.29) is 11.0 Å². The molecule has 0 aliphatic carbocycles. The summed E-state index contributed by atoms with van der Waals surface area (Å²) in [4.78, 5) is 34.5. The van der Waals surface area contributed by atoms with Gasteiger partial charge < -0.3 is 9.97 Å². The van der Waals surface area contributed by atoms with Gasteiger partial charge >= 0.3 is 0 Å². The second-order valence-corrected chi connectivity index (χ2v) is 5.07. The third-order valence-corrected chi connectivity index (χ3v) is 3.91. The maximum absolute atomic E-state index is 12.6. The van der Waals surface area contributed by atoms with Crippen LogP contribution in [0.5, 0.6) is 0 Å². The molecule has 0 radical (unpaired) electrons. The Morgan fingerprint density at radius 2 is 1.90 bits per heavy atom. The van der Waals surface area contributed by atoms with Gasteiger partial charge in [0.05, 0.1) is 16.4 Å². The molecule has 5 heteroatoms. The van der Waals surface area contributed by atoms with Crippen molar-refractivity contribution in [1.29, 1.82) is 0 Å². The second-order valence-electron chi connectivity index (χ2n) is 5.07. The number of H-pyrrole nitrogens is 2. The Bertz CT molecular complexity index is 1140. The molecule has 0 atom stereocenters. The van der Waals surface area contributed by atoms with Gasteiger partial charge in [-0.05, 0) is 36.1 Å². The highest BCUT2D eigenvalue weighted by atomic mass is 16.1. The number of nitrogens with one attached hydrogen (secondary N) is 2. The molecule has 0 fully saturated rings. The molecule has 3 heterocycles. The van der Waals surface area contributed by atoms with Gasteiger partial charge in [0, 0.05) is 29.4 Å². The normalized spacial score (nSPS) is 11.5. The van der Waals surface area contributed by atoms with Gasteiger partial charge in [0.25, 0.3) is 5.56 Å². The van der Waals surface area contributed by atoms with E-state index in [9.17, 15) is 9.59 Å². The van der Waals surface area contributed by atoms with Crippen molar-refractivity contribution in [2.24, 2.45) is 0 Å². The van der Waals surface area contributed by atoms with Crippen molar-refractivity contribution >= 4 is 32.6 Å². The summed E-state index contributed by atoms with van der Waals surface area (Å²) < 4.78 is 0. The maximum Gasteiger partial charge on any atom is 0.255 e. The zero-order valence-corrected chi connectivity index (χ0v) is 11.2. The zero-order valence-electron chi connectivity index (χ0n) is 11.2. The van der Waals surface area contributed by atoms with Crippen LogP contribution in [0.15, 0.2) is 46.4 Å². The largest absolute Gasteiger partial charge is 0.354 e. The van der Waals surface area contributed by atoms with Crippen LogP contribution >= 0.6 is 0 Å². The minimum absolute atomic E-state index is 0.111. The standard InChI is InChI=1S/C16H11N3O2/c1-8-9-2-5-18-16(21)10(9)6-11-14(8)19-13-3-4-17-7-12(13)15(11)20/h2-7H,1H3,(H,18,21)(H,19,20). The third-order valence-electron chi connectivity index (χ3n) is 3.91. The lowest BCUT2D eigenvalue weighted by atomic mass is 10.0. The van der Waals surface area contributed by atoms with Crippen molar-refractivity contribution in [3.05, 3.63) is 62.9 Å². The van der Waals surface area contributed by atoms with Crippen molar-refractivity contribution in [1.82, 2.24) is 15.0 Å². The molecule has 0 amide bonds. The fraction of sp³-hybridized carbons (Fsp3) is 0.0625. The van der Waals surface area contributed by atoms with Gasteiger partial charge in [0.2, 0.25) is 0 Å². The van der Waals surface area contributed by atoms with E-state index in [2.05, 4.69) is 15.0 Å². The van der Waals surface area contributed by atoms with E-state index in [0.29, 0.717) is 16.2 Å². The predicted octanol–water partition coefficient (Wildman–Crippen LogP) is 2.23. The number of hydrogen-bond donors (Lipinski definition) is 2. The Morgan fingerprint density at radius 1 is 1.05 bits per heavy atom. The van der Waals surface area contributed by atoms with E-state index in [1.807, 2.05) is 13.0 Å². The van der Waals surface area contributed by atoms with E-state index in [1.54, 1.807) is 30.7 Å². The Morgan fingerprint density at radius 3 is 2.76 bits per heavy atom. The van der Waals surface area contributed by atoms with Crippen LogP contribution < -0.4 is 11.0 Å². The van der Waals surface area contributed by atoms with Crippen LogP contribution in [0.4, 0.5) is 0 Å². The summed E-state index contributed by atoms with van der Waals surface area (Å²) in [5.74, 6) is 0. The molecule has 5 nitrogen and oxygen atoms in total. The molecule has 2 N–H and O–H groups in total. The quantitative estimate of drug-likeness (QED) is 0.484. The average Bonchev–Trinajstić information content (AvgIpc) is 2.50. The number of pyridine rings is 3. The highest BCUT2D eigenvalue weighted by molar-refractivity contribution is 6.03. The fourth-order valence-corrected chi connectivity index (χ4v) is 2.82. The third kappa shape index (κ3) is 1.54. The van der Waals surface area contributed by atoms with Crippen LogP contribution in [0.2, 0.25) is 0 Å². The highest BCUT2D eigenvalue weighted by Crippen LogP contribution is 2.24. The highest BCUT2D eigenvalue weighted by Gasteiger charge is 2.11. The molecule has 0 aliphatic heterocycles. The number of hydrogen-bond acceptors (Lipinski definition) is 3. The average molecular weight is 277 g/mol. The molecule has 21 heavy (non-hydrogen) atoms. The van der Waals surface area contributed by atoms with Crippen molar-refractivity contribution in [2.45, 2.75) is 6.92 Å². The number of aromatic nitrogens is 3. The lowest BCUT2D eigenvalue weighted by Gasteiger charge is -2.08. The van der Waals surface area contributed by atoms with E-state index in [4.69, 9.17) is 0 Å². The van der Waals surface area contributed by atoms with Gasteiger partial charge in [0.15, 0.2) is 5.43 Å². The first-order valence-electron chi connectivity index (χ1n) is 6.57. The first-order chi connectivity index (χ1) is 10.2. The van der Waals surface area contributed by atoms with Gasteiger partial charge in [-0.2, -0.15) is 0 Å². The molecule has 4 rings (SSSR count). The lowest BCUT2D eigenvalue weighted by molar-refractivity contribution is 1.27. The summed E-state index contributed by atoms with van der Waals surface area (Å²) in [6, 6.07) is 5.28. The Kier molecular flexibility index (Phi) is 2.27. The molecule has 0 saturated carbocycles. The summed E-state index contributed by atoms with van der Waals surface area (Å²) >= 11 is 0. The van der Waals surface area contributed by atoms with E-state index in [1.165, 1.54) is 0 Å². The van der Waals surface area contributed by atoms with Crippen molar-refractivity contribution in [2.75, 3.05) is 0 Å². The van der Waals surface area contributed by atoms with Gasteiger partial charge in [-0.25, -0.2) is 0 Å². The fourth-order valence-electron chi connectivity index (χ4n) is 2.82. The second kappa shape index (κ2) is 4.02. The Hall–Kier alpha value is -2.95. The van der Waals surface area contributed by atoms with Gasteiger partial charge in [-0.3, -0.25) is 14.6 Å². The van der Waals surface area contributed by atoms with E-state index in [0.717, 1.165) is 22.0 Å². The number of nitrogens with zero attached hydrogens (tertiary/aromatic N) is 1. The molecule has 1 aromatic carbocycles.